The first kappa shape index (κ1) is 20.9. The molecule has 22 heavy (non-hydrogen) atoms. The van der Waals surface area contributed by atoms with Gasteiger partial charge >= 0.3 is 0 Å². The highest BCUT2D eigenvalue weighted by Gasteiger charge is 2.13. The van der Waals surface area contributed by atoms with Crippen LogP contribution in [0.1, 0.15) is 46.0 Å². The Kier molecular flexibility index (Phi) is 11.9. The van der Waals surface area contributed by atoms with Crippen molar-refractivity contribution >= 4 is 24.2 Å². The number of hydrogen-bond acceptors (Lipinski definition) is 3. The molecule has 1 rings (SSSR count). The van der Waals surface area contributed by atoms with Crippen LogP contribution >= 0.6 is 12.4 Å². The predicted octanol–water partition coefficient (Wildman–Crippen LogP) is 1.87. The lowest BCUT2D eigenvalue weighted by atomic mass is 10.1. The van der Waals surface area contributed by atoms with E-state index in [2.05, 4.69) is 30.6 Å². The van der Waals surface area contributed by atoms with Gasteiger partial charge in [-0.3, -0.25) is 9.59 Å². The summed E-state index contributed by atoms with van der Waals surface area (Å²) in [6.45, 7) is 8.17. The maximum Gasteiger partial charge on any atom is 0.223 e. The fourth-order valence-electron chi connectivity index (χ4n) is 2.41. The predicted molar refractivity (Wildman–Crippen MR) is 92.2 cm³/mol. The molecule has 0 aromatic rings. The van der Waals surface area contributed by atoms with Gasteiger partial charge in [0.1, 0.15) is 0 Å². The van der Waals surface area contributed by atoms with Crippen LogP contribution in [0, 0.1) is 0 Å². The van der Waals surface area contributed by atoms with Crippen molar-refractivity contribution in [2.75, 3.05) is 32.7 Å². The van der Waals surface area contributed by atoms with Crippen LogP contribution in [0.2, 0.25) is 0 Å². The molecule has 2 amide bonds. The Bertz CT molecular complexity index is 366. The van der Waals surface area contributed by atoms with Gasteiger partial charge in [0, 0.05) is 39.0 Å². The van der Waals surface area contributed by atoms with Crippen LogP contribution in [0.4, 0.5) is 0 Å². The van der Waals surface area contributed by atoms with Gasteiger partial charge in [0.2, 0.25) is 11.8 Å². The molecule has 1 aliphatic rings. The molecule has 0 spiro atoms. The molecular formula is C16H30ClN3O2. The Morgan fingerprint density at radius 3 is 2.45 bits per heavy atom. The van der Waals surface area contributed by atoms with Crippen molar-refractivity contribution in [3.05, 3.63) is 11.6 Å². The van der Waals surface area contributed by atoms with E-state index in [0.29, 0.717) is 13.0 Å². The standard InChI is InChI=1S/C16H29N3O2.ClH/c1-3-11-19(12-4-2)16(21)6-5-15(20)18-13-14-7-9-17-10-8-14;/h7,17H,3-6,8-13H2,1-2H3,(H,18,20);1H. The SMILES string of the molecule is CCCN(CCC)C(=O)CCC(=O)NCC1=CCNCC1.Cl. The van der Waals surface area contributed by atoms with Gasteiger partial charge in [0.25, 0.3) is 0 Å². The molecule has 1 aliphatic heterocycles. The van der Waals surface area contributed by atoms with Crippen LogP contribution in [0.3, 0.4) is 0 Å². The molecular weight excluding hydrogens is 302 g/mol. The first-order valence-electron chi connectivity index (χ1n) is 8.10. The monoisotopic (exact) mass is 331 g/mol. The van der Waals surface area contributed by atoms with Crippen LogP contribution in [0.5, 0.6) is 0 Å². The summed E-state index contributed by atoms with van der Waals surface area (Å²) in [6, 6.07) is 0. The van der Waals surface area contributed by atoms with E-state index in [4.69, 9.17) is 0 Å². The Morgan fingerprint density at radius 1 is 1.23 bits per heavy atom. The summed E-state index contributed by atoms with van der Waals surface area (Å²) >= 11 is 0. The fraction of sp³-hybridized carbons (Fsp3) is 0.750. The summed E-state index contributed by atoms with van der Waals surface area (Å²) in [5, 5.41) is 6.14. The normalized spacial score (nSPS) is 13.8. The molecule has 0 atom stereocenters. The van der Waals surface area contributed by atoms with Gasteiger partial charge in [0.15, 0.2) is 0 Å². The lowest BCUT2D eigenvalue weighted by Gasteiger charge is -2.21. The van der Waals surface area contributed by atoms with Crippen molar-refractivity contribution in [2.45, 2.75) is 46.0 Å². The van der Waals surface area contributed by atoms with Crippen LogP contribution in [0.25, 0.3) is 0 Å². The van der Waals surface area contributed by atoms with Gasteiger partial charge in [-0.2, -0.15) is 0 Å². The number of carbonyl (C=O) groups excluding carboxylic acids is 2. The molecule has 0 unspecified atom stereocenters. The first-order valence-corrected chi connectivity index (χ1v) is 8.10. The van der Waals surface area contributed by atoms with E-state index >= 15 is 0 Å². The maximum absolute atomic E-state index is 12.1. The molecule has 1 heterocycles. The summed E-state index contributed by atoms with van der Waals surface area (Å²) in [4.78, 5) is 25.7. The average molecular weight is 332 g/mol. The number of nitrogens with one attached hydrogen (secondary N) is 2. The summed E-state index contributed by atoms with van der Waals surface area (Å²) in [6.07, 6.45) is 5.63. The van der Waals surface area contributed by atoms with E-state index < -0.39 is 0 Å². The number of hydrogen-bond donors (Lipinski definition) is 2. The van der Waals surface area contributed by atoms with Gasteiger partial charge in [-0.15, -0.1) is 12.4 Å². The number of carbonyl (C=O) groups is 2. The van der Waals surface area contributed by atoms with Crippen molar-refractivity contribution in [3.63, 3.8) is 0 Å². The minimum absolute atomic E-state index is 0. The van der Waals surface area contributed by atoms with Crippen LogP contribution in [0.15, 0.2) is 11.6 Å². The minimum atomic E-state index is -0.0317. The third kappa shape index (κ3) is 8.39. The molecule has 0 aromatic heterocycles. The van der Waals surface area contributed by atoms with Crippen LogP contribution in [-0.4, -0.2) is 49.4 Å². The van der Waals surface area contributed by atoms with Crippen molar-refractivity contribution in [3.8, 4) is 0 Å². The van der Waals surface area contributed by atoms with Gasteiger partial charge < -0.3 is 15.5 Å². The molecule has 0 saturated carbocycles. The van der Waals surface area contributed by atoms with Gasteiger partial charge in [-0.05, 0) is 25.8 Å². The maximum atomic E-state index is 12.1. The molecule has 0 fully saturated rings. The lowest BCUT2D eigenvalue weighted by molar-refractivity contribution is -0.133. The Hall–Kier alpha value is -1.07. The number of amides is 2. The fourth-order valence-corrected chi connectivity index (χ4v) is 2.41. The zero-order valence-electron chi connectivity index (χ0n) is 13.8. The largest absolute Gasteiger partial charge is 0.352 e. The van der Waals surface area contributed by atoms with E-state index in [1.165, 1.54) is 5.57 Å². The molecule has 0 saturated heterocycles. The number of halogens is 1. The topological polar surface area (TPSA) is 61.4 Å². The summed E-state index contributed by atoms with van der Waals surface area (Å²) in [7, 11) is 0. The second-order valence-electron chi connectivity index (χ2n) is 5.47. The number of rotatable bonds is 9. The minimum Gasteiger partial charge on any atom is -0.352 e. The van der Waals surface area contributed by atoms with Crippen LogP contribution in [-0.2, 0) is 9.59 Å². The van der Waals surface area contributed by atoms with E-state index in [1.54, 1.807) is 0 Å². The van der Waals surface area contributed by atoms with Crippen molar-refractivity contribution < 1.29 is 9.59 Å². The van der Waals surface area contributed by atoms with E-state index in [-0.39, 0.29) is 30.6 Å². The molecule has 0 aromatic carbocycles. The van der Waals surface area contributed by atoms with Gasteiger partial charge in [-0.1, -0.05) is 25.5 Å². The highest BCUT2D eigenvalue weighted by molar-refractivity contribution is 5.85. The van der Waals surface area contributed by atoms with Crippen molar-refractivity contribution in [2.24, 2.45) is 0 Å². The molecule has 0 aliphatic carbocycles. The number of nitrogens with zero attached hydrogens (tertiary/aromatic N) is 1. The molecule has 5 nitrogen and oxygen atoms in total. The van der Waals surface area contributed by atoms with E-state index in [9.17, 15) is 9.59 Å². The highest BCUT2D eigenvalue weighted by atomic mass is 35.5. The van der Waals surface area contributed by atoms with Gasteiger partial charge in [-0.25, -0.2) is 0 Å². The highest BCUT2D eigenvalue weighted by Crippen LogP contribution is 2.04. The smallest absolute Gasteiger partial charge is 0.223 e. The summed E-state index contributed by atoms with van der Waals surface area (Å²) in [5.74, 6) is 0.0608. The van der Waals surface area contributed by atoms with E-state index in [1.807, 2.05) is 4.90 Å². The second-order valence-corrected chi connectivity index (χ2v) is 5.47. The third-order valence-corrected chi connectivity index (χ3v) is 3.58. The Labute approximate surface area is 140 Å². The zero-order chi connectivity index (χ0) is 15.5. The third-order valence-electron chi connectivity index (χ3n) is 3.58. The van der Waals surface area contributed by atoms with Crippen molar-refractivity contribution in [1.29, 1.82) is 0 Å². The van der Waals surface area contributed by atoms with Crippen molar-refractivity contribution in [1.82, 2.24) is 15.5 Å². The van der Waals surface area contributed by atoms with E-state index in [0.717, 1.165) is 45.4 Å². The summed E-state index contributed by atoms with van der Waals surface area (Å²) in [5.41, 5.74) is 1.27. The molecule has 0 radical (unpaired) electrons. The average Bonchev–Trinajstić information content (AvgIpc) is 2.51. The molecule has 6 heteroatoms. The zero-order valence-corrected chi connectivity index (χ0v) is 14.6. The Balaban J connectivity index is 0.00000441. The summed E-state index contributed by atoms with van der Waals surface area (Å²) < 4.78 is 0. The molecule has 0 bridgehead atoms. The lowest BCUT2D eigenvalue weighted by Crippen LogP contribution is -2.34. The van der Waals surface area contributed by atoms with Gasteiger partial charge in [0.05, 0.1) is 0 Å². The first-order chi connectivity index (χ1) is 10.2. The molecule has 128 valence electrons. The Morgan fingerprint density at radius 2 is 1.91 bits per heavy atom. The second kappa shape index (κ2) is 12.5. The molecule has 2 N–H and O–H groups in total. The quantitative estimate of drug-likeness (QED) is 0.634. The van der Waals surface area contributed by atoms with Crippen LogP contribution < -0.4 is 10.6 Å².